The number of hydrogen-bond donors (Lipinski definition) is 1. The lowest BCUT2D eigenvalue weighted by Crippen LogP contribution is -2.34. The van der Waals surface area contributed by atoms with Crippen LogP contribution < -0.4 is 5.32 Å². The van der Waals surface area contributed by atoms with E-state index >= 15 is 0 Å². The molecule has 0 bridgehead atoms. The van der Waals surface area contributed by atoms with Gasteiger partial charge in [0.2, 0.25) is 0 Å². The van der Waals surface area contributed by atoms with Crippen LogP contribution in [0, 0.1) is 0 Å². The van der Waals surface area contributed by atoms with Crippen LogP contribution in [0.3, 0.4) is 0 Å². The van der Waals surface area contributed by atoms with Gasteiger partial charge in [-0.05, 0) is 35.8 Å². The Balaban J connectivity index is 2.69. The Kier molecular flexibility index (Phi) is 6.30. The van der Waals surface area contributed by atoms with Gasteiger partial charge in [0, 0.05) is 18.8 Å². The molecule has 1 aromatic carbocycles. The molecule has 0 radical (unpaired) electrons. The Morgan fingerprint density at radius 1 is 1.21 bits per heavy atom. The van der Waals surface area contributed by atoms with Crippen molar-refractivity contribution in [2.75, 3.05) is 18.4 Å². The lowest BCUT2D eigenvalue weighted by atomic mass is 10.0. The number of benzene rings is 1. The van der Waals surface area contributed by atoms with Gasteiger partial charge < -0.3 is 10.2 Å². The van der Waals surface area contributed by atoms with Gasteiger partial charge in [0.05, 0.1) is 0 Å². The fraction of sp³-hybridized carbons (Fsp3) is 0.312. The second kappa shape index (κ2) is 7.74. The highest BCUT2D eigenvalue weighted by atomic mass is 32.1. The highest BCUT2D eigenvalue weighted by Gasteiger charge is 2.06. The molecule has 1 N–H and O–H groups in total. The van der Waals surface area contributed by atoms with Gasteiger partial charge in [0.25, 0.3) is 0 Å². The lowest BCUT2D eigenvalue weighted by molar-refractivity contribution is 0.522. The third-order valence-corrected chi connectivity index (χ3v) is 3.18. The normalized spacial score (nSPS) is 10.1. The van der Waals surface area contributed by atoms with E-state index in [9.17, 15) is 0 Å². The monoisotopic (exact) mass is 274 g/mol. The Morgan fingerprint density at radius 3 is 2.16 bits per heavy atom. The zero-order valence-electron chi connectivity index (χ0n) is 11.7. The SMILES string of the molecule is C=CCN(CC=C)C(=S)Nc1ccc(C(C)C)cc1. The molecule has 3 heteroatoms. The summed E-state index contributed by atoms with van der Waals surface area (Å²) >= 11 is 5.39. The molecule has 0 heterocycles. The molecule has 0 aromatic heterocycles. The number of anilines is 1. The molecule has 102 valence electrons. The van der Waals surface area contributed by atoms with Crippen LogP contribution in [0.25, 0.3) is 0 Å². The average molecular weight is 274 g/mol. The van der Waals surface area contributed by atoms with Crippen molar-refractivity contribution < 1.29 is 0 Å². The molecule has 0 aliphatic rings. The minimum atomic E-state index is 0.541. The Bertz CT molecular complexity index is 425. The van der Waals surface area contributed by atoms with E-state index in [4.69, 9.17) is 12.2 Å². The van der Waals surface area contributed by atoms with Crippen molar-refractivity contribution in [1.82, 2.24) is 4.90 Å². The largest absolute Gasteiger partial charge is 0.342 e. The van der Waals surface area contributed by atoms with Crippen LogP contribution in [0.2, 0.25) is 0 Å². The summed E-state index contributed by atoms with van der Waals surface area (Å²) in [5.74, 6) is 0.541. The van der Waals surface area contributed by atoms with Crippen molar-refractivity contribution in [2.24, 2.45) is 0 Å². The van der Waals surface area contributed by atoms with E-state index in [0.717, 1.165) is 5.69 Å². The van der Waals surface area contributed by atoms with Gasteiger partial charge in [-0.1, -0.05) is 38.1 Å². The van der Waals surface area contributed by atoms with E-state index in [1.54, 1.807) is 0 Å². The van der Waals surface area contributed by atoms with Crippen molar-refractivity contribution in [2.45, 2.75) is 19.8 Å². The number of nitrogens with one attached hydrogen (secondary N) is 1. The van der Waals surface area contributed by atoms with Gasteiger partial charge in [0.15, 0.2) is 5.11 Å². The summed E-state index contributed by atoms with van der Waals surface area (Å²) in [6, 6.07) is 8.37. The molecule has 0 aliphatic heterocycles. The summed E-state index contributed by atoms with van der Waals surface area (Å²) in [5.41, 5.74) is 2.33. The Labute approximate surface area is 121 Å². The van der Waals surface area contributed by atoms with Gasteiger partial charge in [0.1, 0.15) is 0 Å². The molecule has 0 saturated carbocycles. The number of thiocarbonyl (C=S) groups is 1. The summed E-state index contributed by atoms with van der Waals surface area (Å²) in [5, 5.41) is 3.93. The number of hydrogen-bond acceptors (Lipinski definition) is 1. The van der Waals surface area contributed by atoms with Crippen LogP contribution in [0.1, 0.15) is 25.3 Å². The maximum Gasteiger partial charge on any atom is 0.173 e. The lowest BCUT2D eigenvalue weighted by Gasteiger charge is -2.23. The number of nitrogens with zero attached hydrogens (tertiary/aromatic N) is 1. The third kappa shape index (κ3) is 4.87. The first-order valence-electron chi connectivity index (χ1n) is 6.46. The topological polar surface area (TPSA) is 15.3 Å². The molecular formula is C16H22N2S. The minimum absolute atomic E-state index is 0.541. The molecule has 1 rings (SSSR count). The first-order chi connectivity index (χ1) is 9.08. The van der Waals surface area contributed by atoms with Gasteiger partial charge in [-0.2, -0.15) is 0 Å². The predicted octanol–water partition coefficient (Wildman–Crippen LogP) is 4.18. The highest BCUT2D eigenvalue weighted by molar-refractivity contribution is 7.80. The first kappa shape index (κ1) is 15.4. The van der Waals surface area contributed by atoms with E-state index in [1.807, 2.05) is 17.1 Å². The minimum Gasteiger partial charge on any atom is -0.342 e. The second-order valence-electron chi connectivity index (χ2n) is 4.69. The molecular weight excluding hydrogens is 252 g/mol. The molecule has 0 atom stereocenters. The summed E-state index contributed by atoms with van der Waals surface area (Å²) in [4.78, 5) is 2.01. The van der Waals surface area contributed by atoms with Gasteiger partial charge in [-0.25, -0.2) is 0 Å². The number of rotatable bonds is 6. The van der Waals surface area contributed by atoms with Crippen molar-refractivity contribution in [1.29, 1.82) is 0 Å². The quantitative estimate of drug-likeness (QED) is 0.619. The maximum atomic E-state index is 5.39. The average Bonchev–Trinajstić information content (AvgIpc) is 2.39. The molecule has 0 fully saturated rings. The molecule has 19 heavy (non-hydrogen) atoms. The molecule has 0 saturated heterocycles. The zero-order chi connectivity index (χ0) is 14.3. The van der Waals surface area contributed by atoms with E-state index in [0.29, 0.717) is 24.1 Å². The first-order valence-corrected chi connectivity index (χ1v) is 6.87. The van der Waals surface area contributed by atoms with Crippen LogP contribution in [-0.2, 0) is 0 Å². The second-order valence-corrected chi connectivity index (χ2v) is 5.08. The van der Waals surface area contributed by atoms with Gasteiger partial charge in [-0.15, -0.1) is 13.2 Å². The van der Waals surface area contributed by atoms with E-state index in [1.165, 1.54) is 5.56 Å². The fourth-order valence-electron chi connectivity index (χ4n) is 1.71. The summed E-state index contributed by atoms with van der Waals surface area (Å²) in [7, 11) is 0. The van der Waals surface area contributed by atoms with Crippen LogP contribution in [0.15, 0.2) is 49.6 Å². The highest BCUT2D eigenvalue weighted by Crippen LogP contribution is 2.17. The van der Waals surface area contributed by atoms with Crippen LogP contribution in [0.5, 0.6) is 0 Å². The van der Waals surface area contributed by atoms with Crippen molar-refractivity contribution in [3.05, 3.63) is 55.1 Å². The Morgan fingerprint density at radius 2 is 1.74 bits per heavy atom. The molecule has 0 amide bonds. The predicted molar refractivity (Wildman–Crippen MR) is 88.7 cm³/mol. The van der Waals surface area contributed by atoms with Gasteiger partial charge in [-0.3, -0.25) is 0 Å². The molecule has 0 spiro atoms. The van der Waals surface area contributed by atoms with Crippen LogP contribution in [0.4, 0.5) is 5.69 Å². The van der Waals surface area contributed by atoms with E-state index in [-0.39, 0.29) is 0 Å². The standard InChI is InChI=1S/C16H22N2S/c1-5-11-18(12-6-2)16(19)17-15-9-7-14(8-10-15)13(3)4/h5-10,13H,1-2,11-12H2,3-4H3,(H,17,19). The summed E-state index contributed by atoms with van der Waals surface area (Å²) in [6.07, 6.45) is 3.67. The van der Waals surface area contributed by atoms with E-state index < -0.39 is 0 Å². The Hall–Kier alpha value is -1.61. The van der Waals surface area contributed by atoms with Crippen molar-refractivity contribution in [3.8, 4) is 0 Å². The smallest absolute Gasteiger partial charge is 0.173 e. The van der Waals surface area contributed by atoms with E-state index in [2.05, 4.69) is 56.6 Å². The molecule has 2 nitrogen and oxygen atoms in total. The van der Waals surface area contributed by atoms with Crippen molar-refractivity contribution >= 4 is 23.0 Å². The summed E-state index contributed by atoms with van der Waals surface area (Å²) < 4.78 is 0. The van der Waals surface area contributed by atoms with Crippen LogP contribution in [-0.4, -0.2) is 23.1 Å². The third-order valence-electron chi connectivity index (χ3n) is 2.81. The van der Waals surface area contributed by atoms with Crippen molar-refractivity contribution in [3.63, 3.8) is 0 Å². The molecule has 1 aromatic rings. The fourth-order valence-corrected chi connectivity index (χ4v) is 1.97. The molecule has 0 unspecified atom stereocenters. The van der Waals surface area contributed by atoms with Crippen LogP contribution >= 0.6 is 12.2 Å². The molecule has 0 aliphatic carbocycles. The zero-order valence-corrected chi connectivity index (χ0v) is 12.5. The van der Waals surface area contributed by atoms with Gasteiger partial charge >= 0.3 is 0 Å². The summed E-state index contributed by atoms with van der Waals surface area (Å²) in [6.45, 7) is 13.3. The maximum absolute atomic E-state index is 5.39.